The Kier molecular flexibility index (Phi) is 9.87. The van der Waals surface area contributed by atoms with Crippen LogP contribution in [0.3, 0.4) is 0 Å². The van der Waals surface area contributed by atoms with E-state index in [2.05, 4.69) is 15.6 Å². The molecule has 0 heterocycles. The molecule has 0 aromatic heterocycles. The highest BCUT2D eigenvalue weighted by atomic mass is 35.5. The number of rotatable bonds is 9. The van der Waals surface area contributed by atoms with Crippen LogP contribution in [0.1, 0.15) is 32.3 Å². The van der Waals surface area contributed by atoms with Crippen LogP contribution in [0.25, 0.3) is 0 Å². The Labute approximate surface area is 143 Å². The summed E-state index contributed by atoms with van der Waals surface area (Å²) in [6, 6.07) is 7.82. The van der Waals surface area contributed by atoms with Crippen molar-refractivity contribution >= 4 is 23.5 Å². The molecule has 0 atom stereocenters. The van der Waals surface area contributed by atoms with E-state index in [4.69, 9.17) is 16.3 Å². The van der Waals surface area contributed by atoms with Gasteiger partial charge in [0.15, 0.2) is 5.96 Å². The van der Waals surface area contributed by atoms with Gasteiger partial charge < -0.3 is 15.4 Å². The number of ether oxygens (including phenoxy) is 1. The number of benzene rings is 1. The summed E-state index contributed by atoms with van der Waals surface area (Å²) in [6.45, 7) is 6.37. The van der Waals surface area contributed by atoms with Crippen molar-refractivity contribution in [2.24, 2.45) is 4.99 Å². The quantitative estimate of drug-likeness (QED) is 0.314. The first-order chi connectivity index (χ1) is 11.2. The van der Waals surface area contributed by atoms with Gasteiger partial charge >= 0.3 is 5.97 Å². The number of carbonyl (C=O) groups is 1. The van der Waals surface area contributed by atoms with E-state index in [-0.39, 0.29) is 5.97 Å². The van der Waals surface area contributed by atoms with Crippen molar-refractivity contribution in [1.29, 1.82) is 0 Å². The lowest BCUT2D eigenvalue weighted by Crippen LogP contribution is -2.38. The molecule has 1 rings (SSSR count). The molecular weight excluding hydrogens is 314 g/mol. The molecule has 0 aliphatic rings. The van der Waals surface area contributed by atoms with E-state index in [1.165, 1.54) is 0 Å². The van der Waals surface area contributed by atoms with Crippen LogP contribution in [-0.4, -0.2) is 38.2 Å². The number of hydrogen-bond acceptors (Lipinski definition) is 3. The zero-order valence-corrected chi connectivity index (χ0v) is 14.7. The normalized spacial score (nSPS) is 11.2. The van der Waals surface area contributed by atoms with Gasteiger partial charge in [-0.1, -0.05) is 29.8 Å². The Morgan fingerprint density at radius 2 is 2.04 bits per heavy atom. The average Bonchev–Trinajstić information content (AvgIpc) is 2.53. The van der Waals surface area contributed by atoms with E-state index in [0.717, 1.165) is 36.1 Å². The molecule has 0 amide bonds. The van der Waals surface area contributed by atoms with Gasteiger partial charge in [0.25, 0.3) is 0 Å². The minimum Gasteiger partial charge on any atom is -0.466 e. The lowest BCUT2D eigenvalue weighted by Gasteiger charge is -2.11. The Hall–Kier alpha value is -1.75. The van der Waals surface area contributed by atoms with E-state index >= 15 is 0 Å². The summed E-state index contributed by atoms with van der Waals surface area (Å²) in [7, 11) is 0. The van der Waals surface area contributed by atoms with Crippen LogP contribution in [-0.2, 0) is 16.0 Å². The van der Waals surface area contributed by atoms with Gasteiger partial charge in [0.05, 0.1) is 6.61 Å². The van der Waals surface area contributed by atoms with Crippen LogP contribution in [0.4, 0.5) is 0 Å². The van der Waals surface area contributed by atoms with Gasteiger partial charge in [0, 0.05) is 31.1 Å². The summed E-state index contributed by atoms with van der Waals surface area (Å²) in [5.41, 5.74) is 1.11. The molecule has 0 fully saturated rings. The predicted octanol–water partition coefficient (Wildman–Crippen LogP) is 2.78. The van der Waals surface area contributed by atoms with Crippen LogP contribution < -0.4 is 10.6 Å². The maximum Gasteiger partial charge on any atom is 0.305 e. The molecule has 0 aliphatic heterocycles. The minimum absolute atomic E-state index is 0.167. The Morgan fingerprint density at radius 1 is 1.26 bits per heavy atom. The number of halogens is 1. The van der Waals surface area contributed by atoms with Gasteiger partial charge in [-0.2, -0.15) is 0 Å². The van der Waals surface area contributed by atoms with Gasteiger partial charge in [-0.25, -0.2) is 0 Å². The number of esters is 1. The number of aliphatic imine (C=N–C) groups is 1. The SMILES string of the molecule is CCNC(=NCCCC(=O)OCC)NCCc1ccccc1Cl. The Bertz CT molecular complexity index is 506. The van der Waals surface area contributed by atoms with Crippen molar-refractivity contribution in [1.82, 2.24) is 10.6 Å². The van der Waals surface area contributed by atoms with E-state index < -0.39 is 0 Å². The highest BCUT2D eigenvalue weighted by Crippen LogP contribution is 2.14. The van der Waals surface area contributed by atoms with Crippen molar-refractivity contribution in [3.05, 3.63) is 34.9 Å². The van der Waals surface area contributed by atoms with Crippen molar-refractivity contribution < 1.29 is 9.53 Å². The third-order valence-corrected chi connectivity index (χ3v) is 3.47. The predicted molar refractivity (Wildman–Crippen MR) is 95.0 cm³/mol. The lowest BCUT2D eigenvalue weighted by atomic mass is 10.1. The molecule has 1 aromatic carbocycles. The number of nitrogens with zero attached hydrogens (tertiary/aromatic N) is 1. The van der Waals surface area contributed by atoms with E-state index in [9.17, 15) is 4.79 Å². The summed E-state index contributed by atoms with van der Waals surface area (Å²) in [4.78, 5) is 15.7. The van der Waals surface area contributed by atoms with Gasteiger partial charge in [-0.15, -0.1) is 0 Å². The number of carbonyl (C=O) groups excluding carboxylic acids is 1. The third kappa shape index (κ3) is 8.45. The smallest absolute Gasteiger partial charge is 0.305 e. The largest absolute Gasteiger partial charge is 0.466 e. The molecule has 0 saturated heterocycles. The molecule has 0 spiro atoms. The fourth-order valence-electron chi connectivity index (χ4n) is 2.01. The van der Waals surface area contributed by atoms with E-state index in [1.54, 1.807) is 0 Å². The topological polar surface area (TPSA) is 62.7 Å². The highest BCUT2D eigenvalue weighted by molar-refractivity contribution is 6.31. The maximum atomic E-state index is 11.3. The monoisotopic (exact) mass is 339 g/mol. The maximum absolute atomic E-state index is 11.3. The molecule has 0 bridgehead atoms. The fourth-order valence-corrected chi connectivity index (χ4v) is 2.24. The molecule has 128 valence electrons. The molecule has 0 aliphatic carbocycles. The first kappa shape index (κ1) is 19.3. The van der Waals surface area contributed by atoms with Crippen molar-refractivity contribution in [3.63, 3.8) is 0 Å². The zero-order chi connectivity index (χ0) is 16.9. The first-order valence-electron chi connectivity index (χ1n) is 8.08. The second-order valence-corrected chi connectivity index (χ2v) is 5.34. The zero-order valence-electron chi connectivity index (χ0n) is 13.9. The summed E-state index contributed by atoms with van der Waals surface area (Å²) < 4.78 is 4.89. The summed E-state index contributed by atoms with van der Waals surface area (Å²) in [6.07, 6.45) is 1.91. The summed E-state index contributed by atoms with van der Waals surface area (Å²) in [5.74, 6) is 0.586. The molecule has 0 saturated carbocycles. The van der Waals surface area contributed by atoms with Crippen LogP contribution >= 0.6 is 11.6 Å². The molecule has 23 heavy (non-hydrogen) atoms. The lowest BCUT2D eigenvalue weighted by molar-refractivity contribution is -0.143. The standard InChI is InChI=1S/C17H26ClN3O2/c1-3-19-17(20-12-7-10-16(22)23-4-2)21-13-11-14-8-5-6-9-15(14)18/h5-6,8-9H,3-4,7,10-13H2,1-2H3,(H2,19,20,21). The molecule has 2 N–H and O–H groups in total. The minimum atomic E-state index is -0.167. The van der Waals surface area contributed by atoms with Crippen LogP contribution in [0.2, 0.25) is 5.02 Å². The first-order valence-corrected chi connectivity index (χ1v) is 8.46. The molecule has 0 unspecified atom stereocenters. The second-order valence-electron chi connectivity index (χ2n) is 4.94. The van der Waals surface area contributed by atoms with Crippen molar-refractivity contribution in [3.8, 4) is 0 Å². The van der Waals surface area contributed by atoms with Crippen molar-refractivity contribution in [2.45, 2.75) is 33.1 Å². The molecule has 5 nitrogen and oxygen atoms in total. The van der Waals surface area contributed by atoms with Gasteiger partial charge in [-0.3, -0.25) is 9.79 Å². The number of nitrogens with one attached hydrogen (secondary N) is 2. The van der Waals surface area contributed by atoms with Gasteiger partial charge in [0.2, 0.25) is 0 Å². The van der Waals surface area contributed by atoms with E-state index in [1.807, 2.05) is 38.1 Å². The molecular formula is C17H26ClN3O2. The van der Waals surface area contributed by atoms with E-state index in [0.29, 0.717) is 26.0 Å². The second kappa shape index (κ2) is 11.8. The average molecular weight is 340 g/mol. The fraction of sp³-hybridized carbons (Fsp3) is 0.529. The highest BCUT2D eigenvalue weighted by Gasteiger charge is 2.02. The molecule has 1 aromatic rings. The van der Waals surface area contributed by atoms with Gasteiger partial charge in [0.1, 0.15) is 0 Å². The molecule has 0 radical (unpaired) electrons. The number of guanidine groups is 1. The molecule has 6 heteroatoms. The Balaban J connectivity index is 2.34. The summed E-state index contributed by atoms with van der Waals surface area (Å²) in [5, 5.41) is 7.24. The Morgan fingerprint density at radius 3 is 2.74 bits per heavy atom. The van der Waals surface area contributed by atoms with Gasteiger partial charge in [-0.05, 0) is 38.3 Å². The van der Waals surface area contributed by atoms with Crippen LogP contribution in [0.5, 0.6) is 0 Å². The number of hydrogen-bond donors (Lipinski definition) is 2. The van der Waals surface area contributed by atoms with Crippen LogP contribution in [0.15, 0.2) is 29.3 Å². The van der Waals surface area contributed by atoms with Crippen molar-refractivity contribution in [2.75, 3.05) is 26.2 Å². The summed E-state index contributed by atoms with van der Waals surface area (Å²) >= 11 is 6.14. The van der Waals surface area contributed by atoms with Crippen LogP contribution in [0, 0.1) is 0 Å². The third-order valence-electron chi connectivity index (χ3n) is 3.10.